The zero-order valence-electron chi connectivity index (χ0n) is 13.6. The summed E-state index contributed by atoms with van der Waals surface area (Å²) in [5.41, 5.74) is 1.39. The average molecular weight is 360 g/mol. The second-order valence-corrected chi connectivity index (χ2v) is 6.37. The fourth-order valence-corrected chi connectivity index (χ4v) is 2.77. The van der Waals surface area contributed by atoms with Gasteiger partial charge in [0.25, 0.3) is 0 Å². The highest BCUT2D eigenvalue weighted by molar-refractivity contribution is 5.84. The van der Waals surface area contributed by atoms with Gasteiger partial charge in [0, 0.05) is 42.0 Å². The first-order valence-corrected chi connectivity index (χ1v) is 8.17. The smallest absolute Gasteiger partial charge is 0.352 e. The van der Waals surface area contributed by atoms with E-state index in [1.165, 1.54) is 12.4 Å². The molecular formula is C18H15F3N4O. The van der Waals surface area contributed by atoms with Gasteiger partial charge < -0.3 is 9.88 Å². The molecule has 134 valence electrons. The van der Waals surface area contributed by atoms with Gasteiger partial charge in [-0.2, -0.15) is 13.2 Å². The maximum absolute atomic E-state index is 12.9. The highest BCUT2D eigenvalue weighted by Crippen LogP contribution is 2.32. The summed E-state index contributed by atoms with van der Waals surface area (Å²) < 4.78 is 40.4. The maximum Gasteiger partial charge on any atom is 0.417 e. The highest BCUT2D eigenvalue weighted by atomic mass is 19.4. The summed E-state index contributed by atoms with van der Waals surface area (Å²) >= 11 is 0. The van der Waals surface area contributed by atoms with Crippen LogP contribution >= 0.6 is 0 Å². The maximum atomic E-state index is 12.9. The predicted molar refractivity (Wildman–Crippen MR) is 89.1 cm³/mol. The Balaban J connectivity index is 1.66. The Kier molecular flexibility index (Phi) is 3.90. The lowest BCUT2D eigenvalue weighted by molar-refractivity contribution is -0.137. The fraction of sp³-hybridized carbons (Fsp3) is 0.278. The second-order valence-electron chi connectivity index (χ2n) is 6.37. The molecule has 1 saturated carbocycles. The molecule has 1 aliphatic carbocycles. The summed E-state index contributed by atoms with van der Waals surface area (Å²) in [6.07, 6.45) is 2.97. The first-order valence-electron chi connectivity index (χ1n) is 8.17. The fourth-order valence-electron chi connectivity index (χ4n) is 2.77. The first-order chi connectivity index (χ1) is 12.4. The average Bonchev–Trinajstić information content (AvgIpc) is 3.33. The molecule has 1 amide bonds. The summed E-state index contributed by atoms with van der Waals surface area (Å²) in [6.45, 7) is 0.145. The lowest BCUT2D eigenvalue weighted by atomic mass is 10.1. The van der Waals surface area contributed by atoms with Crippen LogP contribution in [0, 0.1) is 0 Å². The number of hydrogen-bond acceptors (Lipinski definition) is 3. The third-order valence-electron chi connectivity index (χ3n) is 4.27. The number of aromatic nitrogens is 3. The molecule has 0 aliphatic heterocycles. The quantitative estimate of drug-likeness (QED) is 0.776. The van der Waals surface area contributed by atoms with Crippen molar-refractivity contribution in [1.82, 2.24) is 19.9 Å². The van der Waals surface area contributed by atoms with Crippen molar-refractivity contribution in [2.75, 3.05) is 0 Å². The van der Waals surface area contributed by atoms with E-state index < -0.39 is 11.7 Å². The molecule has 26 heavy (non-hydrogen) atoms. The topological polar surface area (TPSA) is 59.8 Å². The number of nitrogens with one attached hydrogen (secondary N) is 1. The predicted octanol–water partition coefficient (Wildman–Crippen LogP) is 3.40. The van der Waals surface area contributed by atoms with Crippen molar-refractivity contribution in [1.29, 1.82) is 0 Å². The van der Waals surface area contributed by atoms with Gasteiger partial charge in [0.15, 0.2) is 0 Å². The Morgan fingerprint density at radius 1 is 1.19 bits per heavy atom. The molecule has 1 fully saturated rings. The highest BCUT2D eigenvalue weighted by Gasteiger charge is 2.31. The molecule has 3 heterocycles. The lowest BCUT2D eigenvalue weighted by Crippen LogP contribution is -2.29. The van der Waals surface area contributed by atoms with E-state index in [1.807, 2.05) is 0 Å². The zero-order chi connectivity index (χ0) is 18.3. The molecule has 5 nitrogen and oxygen atoms in total. The molecule has 0 radical (unpaired) electrons. The summed E-state index contributed by atoms with van der Waals surface area (Å²) in [7, 11) is 0. The summed E-state index contributed by atoms with van der Waals surface area (Å²) in [5.74, 6) is -0.0869. The Morgan fingerprint density at radius 3 is 2.69 bits per heavy atom. The van der Waals surface area contributed by atoms with Gasteiger partial charge in [-0.25, -0.2) is 0 Å². The van der Waals surface area contributed by atoms with Crippen molar-refractivity contribution >= 4 is 16.9 Å². The summed E-state index contributed by atoms with van der Waals surface area (Å²) in [5, 5.41) is 2.91. The number of amides is 1. The van der Waals surface area contributed by atoms with Gasteiger partial charge in [0.05, 0.1) is 16.6 Å². The SMILES string of the molecule is O=C(Cn1ccc2ncc(-c3cncc(C(F)(F)F)c3)cc21)NC1CC1. The van der Waals surface area contributed by atoms with E-state index in [0.717, 1.165) is 25.1 Å². The Bertz CT molecular complexity index is 976. The van der Waals surface area contributed by atoms with Crippen molar-refractivity contribution in [3.8, 4) is 11.1 Å². The zero-order valence-corrected chi connectivity index (χ0v) is 13.6. The van der Waals surface area contributed by atoms with Crippen LogP contribution in [0.25, 0.3) is 22.2 Å². The number of pyridine rings is 2. The van der Waals surface area contributed by atoms with Crippen molar-refractivity contribution in [2.45, 2.75) is 31.6 Å². The molecule has 0 unspecified atom stereocenters. The summed E-state index contributed by atoms with van der Waals surface area (Å²) in [6, 6.07) is 4.81. The van der Waals surface area contributed by atoms with E-state index in [9.17, 15) is 18.0 Å². The number of hydrogen-bond donors (Lipinski definition) is 1. The number of carbonyl (C=O) groups excluding carboxylic acids is 1. The molecule has 4 rings (SSSR count). The summed E-state index contributed by atoms with van der Waals surface area (Å²) in [4.78, 5) is 20.0. The van der Waals surface area contributed by atoms with Crippen molar-refractivity contribution in [2.24, 2.45) is 0 Å². The van der Waals surface area contributed by atoms with Crippen molar-refractivity contribution in [3.05, 3.63) is 48.5 Å². The van der Waals surface area contributed by atoms with E-state index in [4.69, 9.17) is 0 Å². The molecular weight excluding hydrogens is 345 g/mol. The van der Waals surface area contributed by atoms with Gasteiger partial charge in [0.2, 0.25) is 5.91 Å². The number of halogens is 3. The normalized spacial score (nSPS) is 14.6. The molecule has 1 aliphatic rings. The van der Waals surface area contributed by atoms with Crippen LogP contribution in [0.3, 0.4) is 0 Å². The minimum Gasteiger partial charge on any atom is -0.352 e. The van der Waals surface area contributed by atoms with Crippen LogP contribution in [-0.4, -0.2) is 26.5 Å². The van der Waals surface area contributed by atoms with Gasteiger partial charge in [-0.1, -0.05) is 0 Å². The lowest BCUT2D eigenvalue weighted by Gasteiger charge is -2.09. The van der Waals surface area contributed by atoms with Crippen LogP contribution in [0.1, 0.15) is 18.4 Å². The van der Waals surface area contributed by atoms with E-state index in [0.29, 0.717) is 22.2 Å². The molecule has 0 spiro atoms. The van der Waals surface area contributed by atoms with Crippen molar-refractivity contribution < 1.29 is 18.0 Å². The Hall–Kier alpha value is -2.90. The monoisotopic (exact) mass is 360 g/mol. The minimum absolute atomic E-state index is 0.0869. The van der Waals surface area contributed by atoms with Crippen LogP contribution in [0.5, 0.6) is 0 Å². The molecule has 3 aromatic heterocycles. The molecule has 3 aromatic rings. The van der Waals surface area contributed by atoms with Crippen LogP contribution in [-0.2, 0) is 17.5 Å². The molecule has 0 saturated heterocycles. The molecule has 8 heteroatoms. The van der Waals surface area contributed by atoms with E-state index >= 15 is 0 Å². The van der Waals surface area contributed by atoms with Gasteiger partial charge in [-0.05, 0) is 31.0 Å². The molecule has 0 bridgehead atoms. The molecule has 0 atom stereocenters. The number of alkyl halides is 3. The molecule has 0 aromatic carbocycles. The van der Waals surface area contributed by atoms with E-state index in [1.54, 1.807) is 22.9 Å². The van der Waals surface area contributed by atoms with Crippen LogP contribution < -0.4 is 5.32 Å². The number of fused-ring (bicyclic) bond motifs is 1. The van der Waals surface area contributed by atoms with Gasteiger partial charge in [-0.15, -0.1) is 0 Å². The van der Waals surface area contributed by atoms with Gasteiger partial charge >= 0.3 is 6.18 Å². The van der Waals surface area contributed by atoms with E-state index in [-0.39, 0.29) is 18.5 Å². The second kappa shape index (κ2) is 6.12. The van der Waals surface area contributed by atoms with Crippen LogP contribution in [0.2, 0.25) is 0 Å². The third kappa shape index (κ3) is 3.40. The Morgan fingerprint density at radius 2 is 1.96 bits per heavy atom. The van der Waals surface area contributed by atoms with Crippen LogP contribution in [0.4, 0.5) is 13.2 Å². The van der Waals surface area contributed by atoms with Gasteiger partial charge in [-0.3, -0.25) is 14.8 Å². The minimum atomic E-state index is -4.46. The Labute approximate surface area is 146 Å². The largest absolute Gasteiger partial charge is 0.417 e. The standard InChI is InChI=1S/C18H15F3N4O/c19-18(20,21)13-5-11(7-22-9-13)12-6-16-15(23-8-12)3-4-25(16)10-17(26)24-14-1-2-14/h3-9,14H,1-2,10H2,(H,24,26). The van der Waals surface area contributed by atoms with Crippen molar-refractivity contribution in [3.63, 3.8) is 0 Å². The first kappa shape index (κ1) is 16.6. The van der Waals surface area contributed by atoms with E-state index in [2.05, 4.69) is 15.3 Å². The number of carbonyl (C=O) groups is 1. The van der Waals surface area contributed by atoms with Crippen LogP contribution in [0.15, 0.2) is 43.0 Å². The third-order valence-corrected chi connectivity index (χ3v) is 4.27. The molecule has 1 N–H and O–H groups in total. The number of nitrogens with zero attached hydrogens (tertiary/aromatic N) is 3. The van der Waals surface area contributed by atoms with Gasteiger partial charge in [0.1, 0.15) is 6.54 Å². The number of rotatable bonds is 4.